The molecular formula is C16H14BrClO3. The van der Waals surface area contributed by atoms with Crippen LogP contribution in [0.25, 0.3) is 0 Å². The second-order valence-electron chi connectivity index (χ2n) is 4.43. The molecule has 3 nitrogen and oxygen atoms in total. The van der Waals surface area contributed by atoms with Crippen LogP contribution < -0.4 is 9.47 Å². The zero-order valence-corrected chi connectivity index (χ0v) is 14.0. The van der Waals surface area contributed by atoms with Crippen LogP contribution in [0.1, 0.15) is 22.8 Å². The van der Waals surface area contributed by atoms with Crippen molar-refractivity contribution < 1.29 is 14.3 Å². The highest BCUT2D eigenvalue weighted by atomic mass is 79.9. The number of Topliss-reactive ketones (excluding diaryl/α,β-unsaturated/α-hetero) is 1. The normalized spacial score (nSPS) is 10.3. The van der Waals surface area contributed by atoms with E-state index in [1.54, 1.807) is 19.2 Å². The molecule has 0 atom stereocenters. The van der Waals surface area contributed by atoms with Gasteiger partial charge in [0, 0.05) is 4.47 Å². The fourth-order valence-corrected chi connectivity index (χ4v) is 2.68. The first-order chi connectivity index (χ1) is 10.0. The van der Waals surface area contributed by atoms with Crippen LogP contribution in [0, 0.1) is 0 Å². The number of hydrogen-bond acceptors (Lipinski definition) is 3. The minimum absolute atomic E-state index is 0.103. The molecule has 2 aromatic rings. The SMILES string of the molecule is COc1ccc(COc2c(Cl)ccc(Br)c2C(C)=O)cc1. The average molecular weight is 370 g/mol. The molecule has 0 saturated carbocycles. The van der Waals surface area contributed by atoms with E-state index in [4.69, 9.17) is 21.1 Å². The summed E-state index contributed by atoms with van der Waals surface area (Å²) in [7, 11) is 1.62. The minimum atomic E-state index is -0.103. The van der Waals surface area contributed by atoms with Crippen molar-refractivity contribution in [1.29, 1.82) is 0 Å². The lowest BCUT2D eigenvalue weighted by Crippen LogP contribution is -2.03. The van der Waals surface area contributed by atoms with Crippen LogP contribution in [-0.2, 0) is 6.61 Å². The number of ether oxygens (including phenoxy) is 2. The van der Waals surface area contributed by atoms with Crippen molar-refractivity contribution in [1.82, 2.24) is 0 Å². The van der Waals surface area contributed by atoms with Gasteiger partial charge in [0.2, 0.25) is 0 Å². The monoisotopic (exact) mass is 368 g/mol. The summed E-state index contributed by atoms with van der Waals surface area (Å²) in [5.41, 5.74) is 1.41. The van der Waals surface area contributed by atoms with E-state index < -0.39 is 0 Å². The molecule has 21 heavy (non-hydrogen) atoms. The number of carbonyl (C=O) groups is 1. The Bertz CT molecular complexity index is 653. The van der Waals surface area contributed by atoms with Gasteiger partial charge in [0.05, 0.1) is 17.7 Å². The van der Waals surface area contributed by atoms with Crippen molar-refractivity contribution in [2.45, 2.75) is 13.5 Å². The molecule has 0 N–H and O–H groups in total. The average Bonchev–Trinajstić information content (AvgIpc) is 2.48. The van der Waals surface area contributed by atoms with Gasteiger partial charge in [-0.15, -0.1) is 0 Å². The number of carbonyl (C=O) groups excluding carboxylic acids is 1. The van der Waals surface area contributed by atoms with Crippen LogP contribution in [0.2, 0.25) is 5.02 Å². The molecular weight excluding hydrogens is 356 g/mol. The molecule has 0 aromatic heterocycles. The summed E-state index contributed by atoms with van der Waals surface area (Å²) in [6.45, 7) is 1.80. The van der Waals surface area contributed by atoms with Gasteiger partial charge in [-0.05, 0) is 52.7 Å². The molecule has 0 spiro atoms. The first-order valence-electron chi connectivity index (χ1n) is 6.27. The highest BCUT2D eigenvalue weighted by Crippen LogP contribution is 2.35. The lowest BCUT2D eigenvalue weighted by molar-refractivity contribution is 0.101. The number of ketones is 1. The maximum atomic E-state index is 11.7. The molecule has 0 radical (unpaired) electrons. The van der Waals surface area contributed by atoms with E-state index in [-0.39, 0.29) is 5.78 Å². The van der Waals surface area contributed by atoms with E-state index in [1.165, 1.54) is 6.92 Å². The van der Waals surface area contributed by atoms with E-state index >= 15 is 0 Å². The molecule has 0 aliphatic carbocycles. The fourth-order valence-electron chi connectivity index (χ4n) is 1.88. The van der Waals surface area contributed by atoms with E-state index in [9.17, 15) is 4.79 Å². The lowest BCUT2D eigenvalue weighted by Gasteiger charge is -2.13. The van der Waals surface area contributed by atoms with Crippen LogP contribution in [0.15, 0.2) is 40.9 Å². The Morgan fingerprint density at radius 1 is 1.19 bits per heavy atom. The molecule has 2 aromatic carbocycles. The summed E-state index contributed by atoms with van der Waals surface area (Å²) in [6.07, 6.45) is 0. The summed E-state index contributed by atoms with van der Waals surface area (Å²) in [4.78, 5) is 11.7. The maximum Gasteiger partial charge on any atom is 0.164 e. The third-order valence-electron chi connectivity index (χ3n) is 2.95. The predicted molar refractivity (Wildman–Crippen MR) is 86.5 cm³/mol. The van der Waals surface area contributed by atoms with Crippen LogP contribution in [-0.4, -0.2) is 12.9 Å². The van der Waals surface area contributed by atoms with Gasteiger partial charge in [0.15, 0.2) is 5.78 Å². The Morgan fingerprint density at radius 3 is 2.43 bits per heavy atom. The Morgan fingerprint density at radius 2 is 1.86 bits per heavy atom. The Kier molecular flexibility index (Phi) is 5.26. The van der Waals surface area contributed by atoms with Crippen molar-refractivity contribution in [3.63, 3.8) is 0 Å². The Labute approximate surface area is 137 Å². The van der Waals surface area contributed by atoms with Gasteiger partial charge in [-0.3, -0.25) is 4.79 Å². The van der Waals surface area contributed by atoms with Gasteiger partial charge in [-0.1, -0.05) is 23.7 Å². The second-order valence-corrected chi connectivity index (χ2v) is 5.69. The highest BCUT2D eigenvalue weighted by molar-refractivity contribution is 9.10. The summed E-state index contributed by atoms with van der Waals surface area (Å²) in [5.74, 6) is 1.08. The zero-order valence-electron chi connectivity index (χ0n) is 11.7. The Hall–Kier alpha value is -1.52. The van der Waals surface area contributed by atoms with Crippen LogP contribution in [0.5, 0.6) is 11.5 Å². The van der Waals surface area contributed by atoms with Gasteiger partial charge < -0.3 is 9.47 Å². The van der Waals surface area contributed by atoms with Gasteiger partial charge in [-0.25, -0.2) is 0 Å². The molecule has 0 bridgehead atoms. The summed E-state index contributed by atoms with van der Waals surface area (Å²) >= 11 is 9.49. The van der Waals surface area contributed by atoms with E-state index in [1.807, 2.05) is 24.3 Å². The molecule has 2 rings (SSSR count). The first-order valence-corrected chi connectivity index (χ1v) is 7.44. The van der Waals surface area contributed by atoms with Crippen molar-refractivity contribution >= 4 is 33.3 Å². The summed E-state index contributed by atoms with van der Waals surface area (Å²) in [6, 6.07) is 10.9. The third-order valence-corrected chi connectivity index (χ3v) is 3.91. The van der Waals surface area contributed by atoms with Gasteiger partial charge in [0.1, 0.15) is 18.1 Å². The molecule has 0 saturated heterocycles. The summed E-state index contributed by atoms with van der Waals surface area (Å²) in [5, 5.41) is 0.414. The zero-order chi connectivity index (χ0) is 15.4. The molecule has 110 valence electrons. The van der Waals surface area contributed by atoms with Crippen molar-refractivity contribution in [2.24, 2.45) is 0 Å². The number of rotatable bonds is 5. The number of halogens is 2. The molecule has 5 heteroatoms. The van der Waals surface area contributed by atoms with Crippen LogP contribution >= 0.6 is 27.5 Å². The van der Waals surface area contributed by atoms with Gasteiger partial charge >= 0.3 is 0 Å². The molecule has 0 aliphatic rings. The molecule has 0 unspecified atom stereocenters. The van der Waals surface area contributed by atoms with Crippen LogP contribution in [0.3, 0.4) is 0 Å². The van der Waals surface area contributed by atoms with E-state index in [0.717, 1.165) is 11.3 Å². The Balaban J connectivity index is 2.23. The van der Waals surface area contributed by atoms with Crippen molar-refractivity contribution in [3.8, 4) is 11.5 Å². The van der Waals surface area contributed by atoms with Crippen LogP contribution in [0.4, 0.5) is 0 Å². The van der Waals surface area contributed by atoms with E-state index in [2.05, 4.69) is 15.9 Å². The smallest absolute Gasteiger partial charge is 0.164 e. The lowest BCUT2D eigenvalue weighted by atomic mass is 10.1. The number of methoxy groups -OCH3 is 1. The maximum absolute atomic E-state index is 11.7. The van der Waals surface area contributed by atoms with Crippen molar-refractivity contribution in [3.05, 3.63) is 57.0 Å². The van der Waals surface area contributed by atoms with E-state index in [0.29, 0.717) is 27.4 Å². The largest absolute Gasteiger partial charge is 0.497 e. The summed E-state index contributed by atoms with van der Waals surface area (Å²) < 4.78 is 11.5. The quantitative estimate of drug-likeness (QED) is 0.704. The van der Waals surface area contributed by atoms with Crippen molar-refractivity contribution in [2.75, 3.05) is 7.11 Å². The third kappa shape index (κ3) is 3.77. The molecule has 0 aliphatic heterocycles. The first kappa shape index (κ1) is 15.9. The second kappa shape index (κ2) is 6.96. The molecule has 0 heterocycles. The number of hydrogen-bond donors (Lipinski definition) is 0. The standard InChI is InChI=1S/C16H14BrClO3/c1-10(19)15-13(17)7-8-14(18)16(15)21-9-11-3-5-12(20-2)6-4-11/h3-8H,9H2,1-2H3. The number of benzene rings is 2. The topological polar surface area (TPSA) is 35.5 Å². The van der Waals surface area contributed by atoms with Gasteiger partial charge in [-0.2, -0.15) is 0 Å². The van der Waals surface area contributed by atoms with Gasteiger partial charge in [0.25, 0.3) is 0 Å². The highest BCUT2D eigenvalue weighted by Gasteiger charge is 2.16. The molecule has 0 fully saturated rings. The fraction of sp³-hybridized carbons (Fsp3) is 0.188. The molecule has 0 amide bonds. The minimum Gasteiger partial charge on any atom is -0.497 e. The predicted octanol–water partition coefficient (Wildman–Crippen LogP) is 4.89.